The van der Waals surface area contributed by atoms with Crippen molar-refractivity contribution in [1.82, 2.24) is 10.7 Å². The normalized spacial score (nSPS) is 26.5. The number of alkyl halides is 3. The first kappa shape index (κ1) is 16.3. The second kappa shape index (κ2) is 6.15. The molecule has 1 rings (SSSR count). The first-order chi connectivity index (χ1) is 9.28. The molecule has 1 aliphatic carbocycles. The van der Waals surface area contributed by atoms with Gasteiger partial charge in [-0.25, -0.2) is 0 Å². The third-order valence-corrected chi connectivity index (χ3v) is 3.54. The van der Waals surface area contributed by atoms with Crippen molar-refractivity contribution in [1.29, 1.82) is 5.41 Å². The summed E-state index contributed by atoms with van der Waals surface area (Å²) in [7, 11) is 1.52. The molecule has 0 radical (unpaired) electrons. The summed E-state index contributed by atoms with van der Waals surface area (Å²) in [6.07, 6.45) is -0.667. The maximum absolute atomic E-state index is 12.0. The molecule has 20 heavy (non-hydrogen) atoms. The van der Waals surface area contributed by atoms with Crippen molar-refractivity contribution < 1.29 is 17.9 Å². The number of hydrogen-bond acceptors (Lipinski definition) is 4. The van der Waals surface area contributed by atoms with Gasteiger partial charge in [0.25, 0.3) is 0 Å². The van der Waals surface area contributed by atoms with E-state index in [9.17, 15) is 13.2 Å². The van der Waals surface area contributed by atoms with Gasteiger partial charge in [0.2, 0.25) is 11.7 Å². The van der Waals surface area contributed by atoms with Crippen LogP contribution in [-0.2, 0) is 4.74 Å². The highest BCUT2D eigenvalue weighted by Gasteiger charge is 2.55. The third kappa shape index (κ3) is 3.64. The third-order valence-electron chi connectivity index (χ3n) is 3.54. The van der Waals surface area contributed by atoms with Crippen LogP contribution in [0.2, 0.25) is 0 Å². The topological polar surface area (TPSA) is 69.5 Å². The van der Waals surface area contributed by atoms with Gasteiger partial charge in [-0.2, -0.15) is 13.2 Å². The van der Waals surface area contributed by atoms with Gasteiger partial charge >= 0.3 is 6.18 Å². The van der Waals surface area contributed by atoms with Crippen molar-refractivity contribution >= 4 is 11.7 Å². The van der Waals surface area contributed by atoms with Gasteiger partial charge in [0.05, 0.1) is 12.5 Å². The van der Waals surface area contributed by atoms with E-state index in [0.29, 0.717) is 11.8 Å². The molecule has 0 aromatic carbocycles. The molecule has 5 nitrogen and oxygen atoms in total. The fourth-order valence-electron chi connectivity index (χ4n) is 2.13. The van der Waals surface area contributed by atoms with E-state index in [2.05, 4.69) is 17.5 Å². The van der Waals surface area contributed by atoms with E-state index in [1.165, 1.54) is 13.3 Å². The number of hydrogen-bond donors (Lipinski definition) is 3. The zero-order chi connectivity index (χ0) is 15.4. The summed E-state index contributed by atoms with van der Waals surface area (Å²) in [5.41, 5.74) is 2.43. The van der Waals surface area contributed by atoms with Crippen LogP contribution in [0.5, 0.6) is 0 Å². The van der Waals surface area contributed by atoms with Crippen LogP contribution in [0.4, 0.5) is 13.2 Å². The second-order valence-electron chi connectivity index (χ2n) is 4.72. The second-order valence-corrected chi connectivity index (χ2v) is 4.72. The lowest BCUT2D eigenvalue weighted by Gasteiger charge is -2.15. The Morgan fingerprint density at radius 3 is 2.50 bits per heavy atom. The molecule has 0 heterocycles. The van der Waals surface area contributed by atoms with E-state index < -0.39 is 12.0 Å². The van der Waals surface area contributed by atoms with Crippen molar-refractivity contribution in [3.05, 3.63) is 12.4 Å². The highest BCUT2D eigenvalue weighted by molar-refractivity contribution is 5.86. The Morgan fingerprint density at radius 2 is 2.10 bits per heavy atom. The molecule has 1 aliphatic rings. The van der Waals surface area contributed by atoms with Crippen LogP contribution in [0.25, 0.3) is 0 Å². The predicted octanol–water partition coefficient (Wildman–Crippen LogP) is 2.57. The Bertz CT molecular complexity index is 415. The van der Waals surface area contributed by atoms with Crippen molar-refractivity contribution in [2.24, 2.45) is 16.4 Å². The summed E-state index contributed by atoms with van der Waals surface area (Å²) in [5.74, 6) is -0.510. The average molecular weight is 292 g/mol. The molecule has 0 spiro atoms. The Hall–Kier alpha value is -1.73. The molecule has 0 amide bonds. The van der Waals surface area contributed by atoms with Gasteiger partial charge in [0, 0.05) is 12.4 Å². The number of nitrogens with zero attached hydrogens (tertiary/aromatic N) is 1. The van der Waals surface area contributed by atoms with Gasteiger partial charge in [-0.1, -0.05) is 13.8 Å². The van der Waals surface area contributed by atoms with Crippen LogP contribution in [0.15, 0.2) is 17.5 Å². The van der Waals surface area contributed by atoms with Gasteiger partial charge in [0.15, 0.2) is 0 Å². The zero-order valence-electron chi connectivity index (χ0n) is 11.6. The number of nitrogens with one attached hydrogen (secondary N) is 3. The summed E-state index contributed by atoms with van der Waals surface area (Å²) in [6.45, 7) is 4.14. The van der Waals surface area contributed by atoms with E-state index in [1.807, 2.05) is 6.92 Å². The maximum atomic E-state index is 12.0. The number of methoxy groups -OCH3 is 1. The number of halogens is 3. The van der Waals surface area contributed by atoms with Crippen molar-refractivity contribution in [2.75, 3.05) is 7.11 Å². The number of amidine groups is 1. The Balaban J connectivity index is 2.49. The minimum atomic E-state index is -4.68. The molecule has 114 valence electrons. The molecule has 0 aliphatic heterocycles. The minimum Gasteiger partial charge on any atom is -0.483 e. The molecule has 0 bridgehead atoms. The lowest BCUT2D eigenvalue weighted by molar-refractivity contribution is -0.0619. The highest BCUT2D eigenvalue weighted by atomic mass is 19.4. The van der Waals surface area contributed by atoms with Crippen molar-refractivity contribution in [2.45, 2.75) is 32.9 Å². The first-order valence-corrected chi connectivity index (χ1v) is 6.23. The van der Waals surface area contributed by atoms with E-state index in [-0.39, 0.29) is 5.41 Å². The molecule has 1 saturated carbocycles. The fraction of sp³-hybridized carbons (Fsp3) is 0.667. The molecular weight excluding hydrogens is 273 g/mol. The monoisotopic (exact) mass is 292 g/mol. The number of ether oxygens (including phenoxy) is 1. The summed E-state index contributed by atoms with van der Waals surface area (Å²) in [6, 6.07) is 0. The number of hydrazone groups is 1. The van der Waals surface area contributed by atoms with Crippen LogP contribution in [-0.4, -0.2) is 25.0 Å². The van der Waals surface area contributed by atoms with Crippen molar-refractivity contribution in [3.63, 3.8) is 0 Å². The van der Waals surface area contributed by atoms with Crippen LogP contribution >= 0.6 is 0 Å². The summed E-state index contributed by atoms with van der Waals surface area (Å²) >= 11 is 0. The summed E-state index contributed by atoms with van der Waals surface area (Å²) in [4.78, 5) is 0. The molecule has 2 atom stereocenters. The molecule has 0 aromatic heterocycles. The Morgan fingerprint density at radius 1 is 1.50 bits per heavy atom. The van der Waals surface area contributed by atoms with Crippen LogP contribution in [0, 0.1) is 16.7 Å². The first-order valence-electron chi connectivity index (χ1n) is 6.23. The lowest BCUT2D eigenvalue weighted by Crippen LogP contribution is -2.32. The SMILES string of the molecule is CC[C@@]1(/C(=N\N/C=C/NC(=N)C(F)(F)F)OC)C[C@H]1C. The van der Waals surface area contributed by atoms with E-state index >= 15 is 0 Å². The van der Waals surface area contributed by atoms with Gasteiger partial charge < -0.3 is 10.1 Å². The maximum Gasteiger partial charge on any atom is 0.448 e. The molecule has 0 saturated heterocycles. The van der Waals surface area contributed by atoms with Gasteiger partial charge in [-0.05, 0) is 18.8 Å². The molecule has 0 aromatic rings. The zero-order valence-corrected chi connectivity index (χ0v) is 11.6. The largest absolute Gasteiger partial charge is 0.483 e. The minimum absolute atomic E-state index is 0.0678. The van der Waals surface area contributed by atoms with Crippen LogP contribution in [0.3, 0.4) is 0 Å². The summed E-state index contributed by atoms with van der Waals surface area (Å²) < 4.78 is 41.2. The van der Waals surface area contributed by atoms with Crippen molar-refractivity contribution in [3.8, 4) is 0 Å². The van der Waals surface area contributed by atoms with E-state index in [0.717, 1.165) is 19.0 Å². The van der Waals surface area contributed by atoms with Crippen LogP contribution in [0.1, 0.15) is 26.7 Å². The molecular formula is C12H19F3N4O. The van der Waals surface area contributed by atoms with Crippen LogP contribution < -0.4 is 10.7 Å². The fourth-order valence-corrected chi connectivity index (χ4v) is 2.13. The Kier molecular flexibility index (Phi) is 5.02. The lowest BCUT2D eigenvalue weighted by atomic mass is 10.0. The average Bonchev–Trinajstić information content (AvgIpc) is 3.04. The number of rotatable bonds is 5. The summed E-state index contributed by atoms with van der Waals surface area (Å²) in [5, 5.41) is 12.5. The van der Waals surface area contributed by atoms with Gasteiger partial charge in [-0.3, -0.25) is 10.8 Å². The predicted molar refractivity (Wildman–Crippen MR) is 70.1 cm³/mol. The van der Waals surface area contributed by atoms with E-state index in [1.54, 1.807) is 5.32 Å². The Labute approximate surface area is 115 Å². The highest BCUT2D eigenvalue weighted by Crippen LogP contribution is 2.55. The quantitative estimate of drug-likeness (QED) is 0.414. The smallest absolute Gasteiger partial charge is 0.448 e. The molecule has 0 unspecified atom stereocenters. The molecule has 8 heteroatoms. The van der Waals surface area contributed by atoms with Gasteiger partial charge in [-0.15, -0.1) is 5.10 Å². The van der Waals surface area contributed by atoms with E-state index in [4.69, 9.17) is 10.1 Å². The standard InChI is InChI=1S/C12H19F3N4O/c1-4-11(7-8(11)2)10(20-3)19-18-6-5-17-9(16)12(13,14)15/h5-6,8,18H,4,7H2,1-3H3,(H2,16,17)/b6-5+,19-10+/t8-,11-/m1/s1. The van der Waals surface area contributed by atoms with Gasteiger partial charge in [0.1, 0.15) is 0 Å². The molecule has 3 N–H and O–H groups in total. The molecule has 1 fully saturated rings.